The van der Waals surface area contributed by atoms with Gasteiger partial charge in [-0.25, -0.2) is 5.01 Å². The quantitative estimate of drug-likeness (QED) is 0.369. The molecule has 0 bridgehead atoms. The minimum absolute atomic E-state index is 0.434. The van der Waals surface area contributed by atoms with Crippen molar-refractivity contribution < 1.29 is 5.11 Å². The van der Waals surface area contributed by atoms with Crippen molar-refractivity contribution in [2.45, 2.75) is 71.1 Å². The van der Waals surface area contributed by atoms with Crippen LogP contribution >= 0.6 is 0 Å². The second kappa shape index (κ2) is 8.10. The van der Waals surface area contributed by atoms with Gasteiger partial charge in [0.05, 0.1) is 12.3 Å². The molecule has 1 aliphatic carbocycles. The van der Waals surface area contributed by atoms with Crippen LogP contribution in [0.1, 0.15) is 58.8 Å². The average molecular weight is 257 g/mol. The zero-order valence-corrected chi connectivity index (χ0v) is 12.0. The number of hydrogen-bond acceptors (Lipinski definition) is 4. The first-order valence-corrected chi connectivity index (χ1v) is 7.45. The SMILES string of the molecule is CC(C)CN(N)C(N)[C@@H](O)CCC1CCCCC1. The number of nitrogens with zero attached hydrogens (tertiary/aromatic N) is 1. The van der Waals surface area contributed by atoms with Gasteiger partial charge in [0.25, 0.3) is 0 Å². The molecule has 1 fully saturated rings. The van der Waals surface area contributed by atoms with Crippen molar-refractivity contribution in [2.75, 3.05) is 6.54 Å². The van der Waals surface area contributed by atoms with Crippen molar-refractivity contribution >= 4 is 0 Å². The van der Waals surface area contributed by atoms with E-state index in [0.29, 0.717) is 5.92 Å². The first-order valence-electron chi connectivity index (χ1n) is 7.45. The third-order valence-electron chi connectivity index (χ3n) is 3.95. The smallest absolute Gasteiger partial charge is 0.0968 e. The van der Waals surface area contributed by atoms with Crippen LogP contribution in [0.3, 0.4) is 0 Å². The van der Waals surface area contributed by atoms with Crippen LogP contribution in [0.5, 0.6) is 0 Å². The predicted octanol–water partition coefficient (Wildman–Crippen LogP) is 1.82. The second-order valence-electron chi connectivity index (χ2n) is 6.23. The van der Waals surface area contributed by atoms with Gasteiger partial charge in [-0.05, 0) is 24.7 Å². The molecule has 4 nitrogen and oxygen atoms in total. The first kappa shape index (κ1) is 15.9. The Labute approximate surface area is 112 Å². The third-order valence-corrected chi connectivity index (χ3v) is 3.95. The first-order chi connectivity index (χ1) is 8.50. The Bertz CT molecular complexity index is 217. The highest BCUT2D eigenvalue weighted by atomic mass is 16.3. The van der Waals surface area contributed by atoms with Gasteiger partial charge in [0.1, 0.15) is 0 Å². The lowest BCUT2D eigenvalue weighted by molar-refractivity contribution is 0.0349. The van der Waals surface area contributed by atoms with E-state index in [0.717, 1.165) is 25.3 Å². The Morgan fingerprint density at radius 3 is 2.39 bits per heavy atom. The monoisotopic (exact) mass is 257 g/mol. The molecule has 0 aromatic rings. The molecule has 108 valence electrons. The van der Waals surface area contributed by atoms with Crippen molar-refractivity contribution in [2.24, 2.45) is 23.4 Å². The van der Waals surface area contributed by atoms with E-state index in [9.17, 15) is 5.11 Å². The molecule has 0 spiro atoms. The number of aliphatic hydroxyl groups is 1. The number of nitrogens with two attached hydrogens (primary N) is 2. The summed E-state index contributed by atoms with van der Waals surface area (Å²) in [6, 6.07) is 0. The molecule has 0 heterocycles. The molecule has 1 unspecified atom stereocenters. The molecule has 0 aliphatic heterocycles. The highest BCUT2D eigenvalue weighted by molar-refractivity contribution is 4.74. The predicted molar refractivity (Wildman–Crippen MR) is 75.5 cm³/mol. The Morgan fingerprint density at radius 2 is 1.83 bits per heavy atom. The maximum absolute atomic E-state index is 10.1. The lowest BCUT2D eigenvalue weighted by Crippen LogP contribution is -2.54. The molecule has 0 saturated heterocycles. The van der Waals surface area contributed by atoms with Gasteiger partial charge in [0.15, 0.2) is 0 Å². The summed E-state index contributed by atoms with van der Waals surface area (Å²) in [5, 5.41) is 11.7. The molecular weight excluding hydrogens is 226 g/mol. The maximum atomic E-state index is 10.1. The Morgan fingerprint density at radius 1 is 1.22 bits per heavy atom. The minimum Gasteiger partial charge on any atom is -0.390 e. The molecular formula is C14H31N3O. The topological polar surface area (TPSA) is 75.5 Å². The zero-order valence-electron chi connectivity index (χ0n) is 12.0. The third kappa shape index (κ3) is 5.65. The van der Waals surface area contributed by atoms with Gasteiger partial charge in [0.2, 0.25) is 0 Å². The summed E-state index contributed by atoms with van der Waals surface area (Å²) in [5.74, 6) is 7.13. The molecule has 0 radical (unpaired) electrons. The minimum atomic E-state index is -0.504. The molecule has 1 rings (SSSR count). The van der Waals surface area contributed by atoms with E-state index >= 15 is 0 Å². The Hall–Kier alpha value is -0.160. The average Bonchev–Trinajstić information content (AvgIpc) is 2.35. The maximum Gasteiger partial charge on any atom is 0.0968 e. The van der Waals surface area contributed by atoms with E-state index in [4.69, 9.17) is 11.6 Å². The van der Waals surface area contributed by atoms with Gasteiger partial charge in [-0.2, -0.15) is 0 Å². The Balaban J connectivity index is 2.23. The van der Waals surface area contributed by atoms with Crippen LogP contribution in [0.4, 0.5) is 0 Å². The summed E-state index contributed by atoms with van der Waals surface area (Å²) in [6.45, 7) is 4.92. The number of hydrazine groups is 1. The fourth-order valence-electron chi connectivity index (χ4n) is 2.82. The molecule has 18 heavy (non-hydrogen) atoms. The number of hydrogen-bond donors (Lipinski definition) is 3. The fraction of sp³-hybridized carbons (Fsp3) is 1.00. The van der Waals surface area contributed by atoms with Gasteiger partial charge in [-0.1, -0.05) is 46.0 Å². The van der Waals surface area contributed by atoms with Crippen LogP contribution in [-0.2, 0) is 0 Å². The van der Waals surface area contributed by atoms with E-state index in [1.54, 1.807) is 5.01 Å². The van der Waals surface area contributed by atoms with Crippen molar-refractivity contribution in [3.63, 3.8) is 0 Å². The van der Waals surface area contributed by atoms with Crippen molar-refractivity contribution in [3.8, 4) is 0 Å². The van der Waals surface area contributed by atoms with Gasteiger partial charge in [-0.3, -0.25) is 5.84 Å². The summed E-state index contributed by atoms with van der Waals surface area (Å²) in [7, 11) is 0. The molecule has 1 saturated carbocycles. The lowest BCUT2D eigenvalue weighted by Gasteiger charge is -2.30. The number of rotatable bonds is 7. The molecule has 1 aliphatic rings. The van der Waals surface area contributed by atoms with E-state index < -0.39 is 12.3 Å². The molecule has 2 atom stereocenters. The summed E-state index contributed by atoms with van der Waals surface area (Å²) >= 11 is 0. The second-order valence-corrected chi connectivity index (χ2v) is 6.23. The zero-order chi connectivity index (χ0) is 13.5. The van der Waals surface area contributed by atoms with Crippen LogP contribution in [-0.4, -0.2) is 28.9 Å². The van der Waals surface area contributed by atoms with Crippen molar-refractivity contribution in [1.82, 2.24) is 5.01 Å². The van der Waals surface area contributed by atoms with Crippen LogP contribution in [0, 0.1) is 11.8 Å². The summed E-state index contributed by atoms with van der Waals surface area (Å²) in [6.07, 6.45) is 7.64. The lowest BCUT2D eigenvalue weighted by atomic mass is 9.85. The highest BCUT2D eigenvalue weighted by Gasteiger charge is 2.22. The van der Waals surface area contributed by atoms with E-state index in [1.807, 2.05) is 0 Å². The van der Waals surface area contributed by atoms with Crippen LogP contribution in [0.25, 0.3) is 0 Å². The van der Waals surface area contributed by atoms with Crippen LogP contribution < -0.4 is 11.6 Å². The van der Waals surface area contributed by atoms with E-state index in [2.05, 4.69) is 13.8 Å². The van der Waals surface area contributed by atoms with Gasteiger partial charge < -0.3 is 10.8 Å². The van der Waals surface area contributed by atoms with Crippen LogP contribution in [0.2, 0.25) is 0 Å². The van der Waals surface area contributed by atoms with Gasteiger partial charge in [0, 0.05) is 6.54 Å². The van der Waals surface area contributed by atoms with E-state index in [-0.39, 0.29) is 0 Å². The standard InChI is InChI=1S/C14H31N3O/c1-11(2)10-17(16)14(15)13(18)9-8-12-6-4-3-5-7-12/h11-14,18H,3-10,15-16H2,1-2H3/t13-,14?/m0/s1. The fourth-order valence-corrected chi connectivity index (χ4v) is 2.82. The molecule has 0 amide bonds. The molecule has 0 aromatic carbocycles. The van der Waals surface area contributed by atoms with Crippen LogP contribution in [0.15, 0.2) is 0 Å². The van der Waals surface area contributed by atoms with E-state index in [1.165, 1.54) is 32.1 Å². The normalized spacial score (nSPS) is 21.5. The highest BCUT2D eigenvalue weighted by Crippen LogP contribution is 2.27. The Kier molecular flexibility index (Phi) is 7.15. The summed E-state index contributed by atoms with van der Waals surface area (Å²) < 4.78 is 0. The molecule has 5 N–H and O–H groups in total. The van der Waals surface area contributed by atoms with Gasteiger partial charge >= 0.3 is 0 Å². The summed E-state index contributed by atoms with van der Waals surface area (Å²) in [5.41, 5.74) is 5.98. The molecule has 4 heteroatoms. The largest absolute Gasteiger partial charge is 0.390 e. The summed E-state index contributed by atoms with van der Waals surface area (Å²) in [4.78, 5) is 0. The molecule has 0 aromatic heterocycles. The van der Waals surface area contributed by atoms with Crippen molar-refractivity contribution in [3.05, 3.63) is 0 Å². The van der Waals surface area contributed by atoms with Gasteiger partial charge in [-0.15, -0.1) is 0 Å². The van der Waals surface area contributed by atoms with Crippen molar-refractivity contribution in [1.29, 1.82) is 0 Å². The number of aliphatic hydroxyl groups excluding tert-OH is 1.